The molecule has 0 unspecified atom stereocenters. The van der Waals surface area contributed by atoms with Crippen molar-refractivity contribution in [2.24, 2.45) is 0 Å². The number of furan rings is 1. The maximum absolute atomic E-state index is 13.2. The summed E-state index contributed by atoms with van der Waals surface area (Å²) in [5.41, 5.74) is 2.14. The standard InChI is InChI=1S/C17H13BrFNO2/c1-10-13-4-2-3-5-15(13)22-16(10)17(21)20-9-11-8-12(19)6-7-14(11)18/h2-8H,9H2,1H3,(H,20,21). The molecule has 3 aromatic rings. The summed E-state index contributed by atoms with van der Waals surface area (Å²) in [6.45, 7) is 2.06. The minimum atomic E-state index is -0.340. The lowest BCUT2D eigenvalue weighted by atomic mass is 10.1. The van der Waals surface area contributed by atoms with E-state index >= 15 is 0 Å². The van der Waals surface area contributed by atoms with Crippen LogP contribution in [0.4, 0.5) is 4.39 Å². The summed E-state index contributed by atoms with van der Waals surface area (Å²) in [6, 6.07) is 11.8. The fourth-order valence-corrected chi connectivity index (χ4v) is 2.71. The highest BCUT2D eigenvalue weighted by Crippen LogP contribution is 2.25. The van der Waals surface area contributed by atoms with Crippen molar-refractivity contribution in [3.05, 3.63) is 69.6 Å². The molecule has 3 nitrogen and oxygen atoms in total. The Balaban J connectivity index is 1.82. The number of hydrogen-bond acceptors (Lipinski definition) is 2. The van der Waals surface area contributed by atoms with E-state index in [2.05, 4.69) is 21.2 Å². The lowest BCUT2D eigenvalue weighted by Crippen LogP contribution is -2.23. The van der Waals surface area contributed by atoms with Crippen LogP contribution in [0.15, 0.2) is 51.4 Å². The lowest BCUT2D eigenvalue weighted by molar-refractivity contribution is 0.0924. The number of amides is 1. The van der Waals surface area contributed by atoms with E-state index in [1.165, 1.54) is 12.1 Å². The molecule has 3 rings (SSSR count). The van der Waals surface area contributed by atoms with Crippen molar-refractivity contribution in [2.75, 3.05) is 0 Å². The zero-order valence-electron chi connectivity index (χ0n) is 11.8. The number of halogens is 2. The molecule has 0 bridgehead atoms. The third-order valence-corrected chi connectivity index (χ3v) is 4.27. The largest absolute Gasteiger partial charge is 0.451 e. The quantitative estimate of drug-likeness (QED) is 0.742. The van der Waals surface area contributed by atoms with Crippen molar-refractivity contribution < 1.29 is 13.6 Å². The van der Waals surface area contributed by atoms with Crippen LogP contribution in [-0.2, 0) is 6.54 Å². The number of carbonyl (C=O) groups is 1. The second-order valence-electron chi connectivity index (χ2n) is 4.97. The number of carbonyl (C=O) groups excluding carboxylic acids is 1. The Labute approximate surface area is 135 Å². The number of para-hydroxylation sites is 1. The minimum Gasteiger partial charge on any atom is -0.451 e. The first-order valence-electron chi connectivity index (χ1n) is 6.76. The summed E-state index contributed by atoms with van der Waals surface area (Å²) in [5.74, 6) is -0.369. The molecule has 112 valence electrons. The predicted molar refractivity (Wildman–Crippen MR) is 86.2 cm³/mol. The summed E-state index contributed by atoms with van der Waals surface area (Å²) < 4.78 is 19.6. The normalized spacial score (nSPS) is 10.9. The molecular formula is C17H13BrFNO2. The van der Waals surface area contributed by atoms with Gasteiger partial charge >= 0.3 is 0 Å². The fourth-order valence-electron chi connectivity index (χ4n) is 2.33. The molecular weight excluding hydrogens is 349 g/mol. The molecule has 1 N–H and O–H groups in total. The van der Waals surface area contributed by atoms with Gasteiger partial charge in [-0.3, -0.25) is 4.79 Å². The van der Waals surface area contributed by atoms with Crippen LogP contribution in [0.3, 0.4) is 0 Å². The summed E-state index contributed by atoms with van der Waals surface area (Å²) in [5, 5.41) is 3.67. The molecule has 0 aliphatic carbocycles. The Morgan fingerprint density at radius 2 is 2.05 bits per heavy atom. The molecule has 0 aliphatic heterocycles. The van der Waals surface area contributed by atoms with Crippen molar-refractivity contribution in [2.45, 2.75) is 13.5 Å². The predicted octanol–water partition coefficient (Wildman–Crippen LogP) is 4.57. The topological polar surface area (TPSA) is 42.2 Å². The SMILES string of the molecule is Cc1c(C(=O)NCc2cc(F)ccc2Br)oc2ccccc12. The Morgan fingerprint density at radius 3 is 2.82 bits per heavy atom. The van der Waals surface area contributed by atoms with Crippen LogP contribution in [0.25, 0.3) is 11.0 Å². The van der Waals surface area contributed by atoms with Crippen molar-refractivity contribution in [1.29, 1.82) is 0 Å². The molecule has 1 aromatic heterocycles. The molecule has 5 heteroatoms. The van der Waals surface area contributed by atoms with Gasteiger partial charge in [0, 0.05) is 22.0 Å². The summed E-state index contributed by atoms with van der Waals surface area (Å²) >= 11 is 3.34. The van der Waals surface area contributed by atoms with Gasteiger partial charge in [-0.2, -0.15) is 0 Å². The monoisotopic (exact) mass is 361 g/mol. The molecule has 0 radical (unpaired) electrons. The van der Waals surface area contributed by atoms with E-state index < -0.39 is 0 Å². The van der Waals surface area contributed by atoms with Crippen molar-refractivity contribution in [1.82, 2.24) is 5.32 Å². The number of rotatable bonds is 3. The fraction of sp³-hybridized carbons (Fsp3) is 0.118. The summed E-state index contributed by atoms with van der Waals surface area (Å²) in [6.07, 6.45) is 0. The van der Waals surface area contributed by atoms with Gasteiger partial charge in [0.2, 0.25) is 0 Å². The van der Waals surface area contributed by atoms with Crippen LogP contribution in [-0.4, -0.2) is 5.91 Å². The highest BCUT2D eigenvalue weighted by Gasteiger charge is 2.17. The van der Waals surface area contributed by atoms with Gasteiger partial charge in [0.15, 0.2) is 5.76 Å². The van der Waals surface area contributed by atoms with Crippen LogP contribution in [0.1, 0.15) is 21.7 Å². The number of fused-ring (bicyclic) bond motifs is 1. The number of hydrogen-bond donors (Lipinski definition) is 1. The minimum absolute atomic E-state index is 0.216. The van der Waals surface area contributed by atoms with Crippen LogP contribution in [0.2, 0.25) is 0 Å². The highest BCUT2D eigenvalue weighted by molar-refractivity contribution is 9.10. The number of aryl methyl sites for hydroxylation is 1. The molecule has 0 spiro atoms. The first-order valence-corrected chi connectivity index (χ1v) is 7.56. The van der Waals surface area contributed by atoms with E-state index in [9.17, 15) is 9.18 Å². The van der Waals surface area contributed by atoms with Crippen LogP contribution >= 0.6 is 15.9 Å². The Kier molecular flexibility index (Phi) is 3.98. The van der Waals surface area contributed by atoms with Gasteiger partial charge in [0.05, 0.1) is 0 Å². The van der Waals surface area contributed by atoms with Crippen molar-refractivity contribution in [3.8, 4) is 0 Å². The molecule has 0 atom stereocenters. The van der Waals surface area contributed by atoms with E-state index in [1.54, 1.807) is 6.07 Å². The molecule has 0 aliphatic rings. The molecule has 0 saturated heterocycles. The molecule has 22 heavy (non-hydrogen) atoms. The average molecular weight is 362 g/mol. The Hall–Kier alpha value is -2.14. The molecule has 0 saturated carbocycles. The van der Waals surface area contributed by atoms with E-state index in [1.807, 2.05) is 31.2 Å². The van der Waals surface area contributed by atoms with Gasteiger partial charge in [-0.25, -0.2) is 4.39 Å². The second kappa shape index (κ2) is 5.93. The third kappa shape index (κ3) is 2.76. The van der Waals surface area contributed by atoms with E-state index in [4.69, 9.17) is 4.42 Å². The third-order valence-electron chi connectivity index (χ3n) is 3.50. The average Bonchev–Trinajstić information content (AvgIpc) is 2.85. The second-order valence-corrected chi connectivity index (χ2v) is 5.83. The van der Waals surface area contributed by atoms with Gasteiger partial charge in [-0.05, 0) is 36.8 Å². The van der Waals surface area contributed by atoms with Crippen molar-refractivity contribution >= 4 is 32.8 Å². The van der Waals surface area contributed by atoms with Crippen LogP contribution in [0, 0.1) is 12.7 Å². The molecule has 1 amide bonds. The Morgan fingerprint density at radius 1 is 1.27 bits per heavy atom. The number of benzene rings is 2. The van der Waals surface area contributed by atoms with Gasteiger partial charge < -0.3 is 9.73 Å². The smallest absolute Gasteiger partial charge is 0.287 e. The lowest BCUT2D eigenvalue weighted by Gasteiger charge is -2.06. The molecule has 0 fully saturated rings. The molecule has 1 heterocycles. The molecule has 2 aromatic carbocycles. The van der Waals surface area contributed by atoms with Gasteiger partial charge in [0.1, 0.15) is 11.4 Å². The van der Waals surface area contributed by atoms with E-state index in [0.29, 0.717) is 11.1 Å². The zero-order chi connectivity index (χ0) is 15.7. The summed E-state index contributed by atoms with van der Waals surface area (Å²) in [4.78, 5) is 12.3. The Bertz CT molecular complexity index is 857. The van der Waals surface area contributed by atoms with Crippen LogP contribution in [0.5, 0.6) is 0 Å². The maximum atomic E-state index is 13.2. The zero-order valence-corrected chi connectivity index (χ0v) is 13.4. The van der Waals surface area contributed by atoms with E-state index in [0.717, 1.165) is 15.4 Å². The van der Waals surface area contributed by atoms with E-state index in [-0.39, 0.29) is 24.0 Å². The number of nitrogens with one attached hydrogen (secondary N) is 1. The first-order chi connectivity index (χ1) is 10.6. The highest BCUT2D eigenvalue weighted by atomic mass is 79.9. The van der Waals surface area contributed by atoms with Crippen LogP contribution < -0.4 is 5.32 Å². The summed E-state index contributed by atoms with van der Waals surface area (Å²) in [7, 11) is 0. The first kappa shape index (κ1) is 14.8. The van der Waals surface area contributed by atoms with Crippen molar-refractivity contribution in [3.63, 3.8) is 0 Å². The van der Waals surface area contributed by atoms with Gasteiger partial charge in [-0.1, -0.05) is 34.1 Å². The maximum Gasteiger partial charge on any atom is 0.287 e. The van der Waals surface area contributed by atoms with Gasteiger partial charge in [-0.15, -0.1) is 0 Å². The van der Waals surface area contributed by atoms with Gasteiger partial charge in [0.25, 0.3) is 5.91 Å².